The van der Waals surface area contributed by atoms with Crippen molar-refractivity contribution in [3.63, 3.8) is 0 Å². The van der Waals surface area contributed by atoms with Crippen LogP contribution in [0.5, 0.6) is 0 Å². The first kappa shape index (κ1) is 13.7. The molecule has 19 heavy (non-hydrogen) atoms. The van der Waals surface area contributed by atoms with Gasteiger partial charge in [-0.3, -0.25) is 0 Å². The van der Waals surface area contributed by atoms with Gasteiger partial charge in [0.2, 0.25) is 0 Å². The molecule has 0 saturated heterocycles. The molecule has 1 aliphatic rings. The molecule has 2 rings (SSSR count). The molecule has 0 amide bonds. The highest BCUT2D eigenvalue weighted by molar-refractivity contribution is 5.90. The number of nitrogens with zero attached hydrogens (tertiary/aromatic N) is 1. The normalized spacial score (nSPS) is 16.3. The zero-order valence-corrected chi connectivity index (χ0v) is 11.4. The van der Waals surface area contributed by atoms with E-state index < -0.39 is 5.97 Å². The Bertz CT molecular complexity index is 453. The van der Waals surface area contributed by atoms with Gasteiger partial charge in [-0.1, -0.05) is 19.3 Å². The van der Waals surface area contributed by atoms with Gasteiger partial charge in [0.25, 0.3) is 0 Å². The summed E-state index contributed by atoms with van der Waals surface area (Å²) in [5, 5.41) is 8.98. The molecule has 0 heterocycles. The number of carbonyl (C=O) groups is 1. The topological polar surface area (TPSA) is 66.6 Å². The van der Waals surface area contributed by atoms with E-state index in [1.54, 1.807) is 12.1 Å². The zero-order chi connectivity index (χ0) is 13.8. The standard InChI is InChI=1S/C15H22N2O2/c1-2-17(12-6-4-3-5-7-12)14-9-8-11(15(18)19)10-13(14)16/h8-10,12H,2-7,16H2,1H3,(H,18,19). The Kier molecular flexibility index (Phi) is 4.30. The van der Waals surface area contributed by atoms with E-state index in [0.717, 1.165) is 12.2 Å². The molecule has 1 saturated carbocycles. The van der Waals surface area contributed by atoms with E-state index in [-0.39, 0.29) is 5.56 Å². The molecule has 0 atom stereocenters. The quantitative estimate of drug-likeness (QED) is 0.818. The van der Waals surface area contributed by atoms with E-state index in [4.69, 9.17) is 10.8 Å². The van der Waals surface area contributed by atoms with Crippen LogP contribution in [0.4, 0.5) is 11.4 Å². The number of aromatic carboxylic acids is 1. The Labute approximate surface area is 114 Å². The number of hydrogen-bond donors (Lipinski definition) is 2. The minimum absolute atomic E-state index is 0.251. The van der Waals surface area contributed by atoms with Crippen LogP contribution < -0.4 is 10.6 Å². The van der Waals surface area contributed by atoms with Gasteiger partial charge in [0.1, 0.15) is 0 Å². The van der Waals surface area contributed by atoms with Crippen LogP contribution in [0.25, 0.3) is 0 Å². The van der Waals surface area contributed by atoms with Gasteiger partial charge >= 0.3 is 5.97 Å². The van der Waals surface area contributed by atoms with E-state index in [2.05, 4.69) is 11.8 Å². The maximum absolute atomic E-state index is 10.9. The summed E-state index contributed by atoms with van der Waals surface area (Å²) in [6.45, 7) is 3.03. The van der Waals surface area contributed by atoms with Gasteiger partial charge in [0.05, 0.1) is 16.9 Å². The third-order valence-corrected chi connectivity index (χ3v) is 3.94. The molecule has 1 aliphatic carbocycles. The van der Waals surface area contributed by atoms with Crippen LogP contribution in [0.3, 0.4) is 0 Å². The summed E-state index contributed by atoms with van der Waals surface area (Å²) in [6, 6.07) is 5.58. The average Bonchev–Trinajstić information content (AvgIpc) is 2.42. The van der Waals surface area contributed by atoms with Crippen molar-refractivity contribution in [3.05, 3.63) is 23.8 Å². The lowest BCUT2D eigenvalue weighted by atomic mass is 9.93. The maximum Gasteiger partial charge on any atom is 0.335 e. The van der Waals surface area contributed by atoms with Gasteiger partial charge < -0.3 is 15.7 Å². The highest BCUT2D eigenvalue weighted by Gasteiger charge is 2.22. The third kappa shape index (κ3) is 3.00. The highest BCUT2D eigenvalue weighted by atomic mass is 16.4. The second kappa shape index (κ2) is 5.95. The van der Waals surface area contributed by atoms with Crippen LogP contribution in [-0.4, -0.2) is 23.7 Å². The van der Waals surface area contributed by atoms with Crippen molar-refractivity contribution in [2.45, 2.75) is 45.1 Å². The number of benzene rings is 1. The molecule has 4 nitrogen and oxygen atoms in total. The molecule has 0 unspecified atom stereocenters. The Balaban J connectivity index is 2.24. The molecule has 4 heteroatoms. The van der Waals surface area contributed by atoms with Crippen molar-refractivity contribution in [1.29, 1.82) is 0 Å². The Hall–Kier alpha value is -1.71. The number of nitrogens with two attached hydrogens (primary N) is 1. The Morgan fingerprint density at radius 1 is 1.37 bits per heavy atom. The summed E-state index contributed by atoms with van der Waals surface area (Å²) < 4.78 is 0. The van der Waals surface area contributed by atoms with Crippen molar-refractivity contribution in [2.75, 3.05) is 17.2 Å². The van der Waals surface area contributed by atoms with E-state index in [1.165, 1.54) is 32.1 Å². The van der Waals surface area contributed by atoms with Crippen LogP contribution in [0.2, 0.25) is 0 Å². The van der Waals surface area contributed by atoms with Crippen molar-refractivity contribution >= 4 is 17.3 Å². The van der Waals surface area contributed by atoms with E-state index in [0.29, 0.717) is 11.7 Å². The van der Waals surface area contributed by atoms with Crippen LogP contribution in [0.1, 0.15) is 49.4 Å². The smallest absolute Gasteiger partial charge is 0.335 e. The number of carboxylic acids is 1. The Morgan fingerprint density at radius 3 is 2.58 bits per heavy atom. The van der Waals surface area contributed by atoms with E-state index in [9.17, 15) is 4.79 Å². The molecule has 104 valence electrons. The van der Waals surface area contributed by atoms with Crippen LogP contribution >= 0.6 is 0 Å². The van der Waals surface area contributed by atoms with Gasteiger partial charge in [-0.15, -0.1) is 0 Å². The zero-order valence-electron chi connectivity index (χ0n) is 11.4. The largest absolute Gasteiger partial charge is 0.478 e. The lowest BCUT2D eigenvalue weighted by molar-refractivity contribution is 0.0697. The number of anilines is 2. The van der Waals surface area contributed by atoms with Crippen molar-refractivity contribution in [2.24, 2.45) is 0 Å². The van der Waals surface area contributed by atoms with Crippen molar-refractivity contribution in [1.82, 2.24) is 0 Å². The van der Waals surface area contributed by atoms with Gasteiger partial charge in [-0.2, -0.15) is 0 Å². The number of hydrogen-bond acceptors (Lipinski definition) is 3. The van der Waals surface area contributed by atoms with Crippen LogP contribution in [0, 0.1) is 0 Å². The molecular weight excluding hydrogens is 240 g/mol. The second-order valence-electron chi connectivity index (χ2n) is 5.16. The van der Waals surface area contributed by atoms with E-state index >= 15 is 0 Å². The second-order valence-corrected chi connectivity index (χ2v) is 5.16. The molecule has 1 aromatic rings. The summed E-state index contributed by atoms with van der Waals surface area (Å²) in [4.78, 5) is 13.3. The molecular formula is C15H22N2O2. The van der Waals surface area contributed by atoms with Crippen LogP contribution in [-0.2, 0) is 0 Å². The monoisotopic (exact) mass is 262 g/mol. The predicted octanol–water partition coefficient (Wildman–Crippen LogP) is 3.13. The highest BCUT2D eigenvalue weighted by Crippen LogP contribution is 2.31. The maximum atomic E-state index is 10.9. The summed E-state index contributed by atoms with van der Waals surface area (Å²) in [5.74, 6) is -0.932. The number of rotatable bonds is 4. The van der Waals surface area contributed by atoms with E-state index in [1.807, 2.05) is 6.07 Å². The van der Waals surface area contributed by atoms with Crippen molar-refractivity contribution < 1.29 is 9.90 Å². The van der Waals surface area contributed by atoms with Crippen molar-refractivity contribution in [3.8, 4) is 0 Å². The first-order chi connectivity index (χ1) is 9.13. The molecule has 1 aromatic carbocycles. The molecule has 0 bridgehead atoms. The minimum atomic E-state index is -0.932. The lowest BCUT2D eigenvalue weighted by Gasteiger charge is -2.36. The van der Waals surface area contributed by atoms with Gasteiger partial charge in [-0.25, -0.2) is 4.79 Å². The van der Waals surface area contributed by atoms with Gasteiger partial charge in [-0.05, 0) is 38.0 Å². The molecule has 0 aromatic heterocycles. The van der Waals surface area contributed by atoms with Gasteiger partial charge in [0, 0.05) is 12.6 Å². The first-order valence-electron chi connectivity index (χ1n) is 7.03. The first-order valence-corrected chi connectivity index (χ1v) is 7.03. The fourth-order valence-electron chi connectivity index (χ4n) is 2.97. The molecule has 0 aliphatic heterocycles. The Morgan fingerprint density at radius 2 is 2.05 bits per heavy atom. The lowest BCUT2D eigenvalue weighted by Crippen LogP contribution is -2.37. The fourth-order valence-corrected chi connectivity index (χ4v) is 2.97. The predicted molar refractivity (Wildman–Crippen MR) is 77.7 cm³/mol. The molecule has 3 N–H and O–H groups in total. The van der Waals surface area contributed by atoms with Gasteiger partial charge in [0.15, 0.2) is 0 Å². The summed E-state index contributed by atoms with van der Waals surface area (Å²) in [6.07, 6.45) is 6.27. The SMILES string of the molecule is CCN(c1ccc(C(=O)O)cc1N)C1CCCCC1. The minimum Gasteiger partial charge on any atom is -0.478 e. The number of nitrogen functional groups attached to an aromatic ring is 1. The molecule has 1 fully saturated rings. The number of carboxylic acid groups (broad SMARTS) is 1. The summed E-state index contributed by atoms with van der Waals surface area (Å²) >= 11 is 0. The third-order valence-electron chi connectivity index (χ3n) is 3.94. The molecule has 0 spiro atoms. The fraction of sp³-hybridized carbons (Fsp3) is 0.533. The van der Waals surface area contributed by atoms with Crippen LogP contribution in [0.15, 0.2) is 18.2 Å². The summed E-state index contributed by atoms with van der Waals surface area (Å²) in [5.41, 5.74) is 7.82. The average molecular weight is 262 g/mol. The summed E-state index contributed by atoms with van der Waals surface area (Å²) in [7, 11) is 0. The molecule has 0 radical (unpaired) electrons.